The number of hydrogen-bond donors (Lipinski definition) is 1. The summed E-state index contributed by atoms with van der Waals surface area (Å²) in [6.07, 6.45) is 2.10. The molecule has 1 fully saturated rings. The molecule has 1 aromatic carbocycles. The fourth-order valence-electron chi connectivity index (χ4n) is 2.24. The van der Waals surface area contributed by atoms with Crippen LogP contribution in [-0.4, -0.2) is 37.5 Å². The molecular formula is C14H18F2N2O. The molecule has 1 amide bonds. The second kappa shape index (κ2) is 6.10. The number of benzene rings is 1. The first-order chi connectivity index (χ1) is 9.06. The van der Waals surface area contributed by atoms with Gasteiger partial charge < -0.3 is 10.2 Å². The molecule has 0 saturated carbocycles. The zero-order valence-electron chi connectivity index (χ0n) is 11.0. The predicted molar refractivity (Wildman–Crippen MR) is 68.9 cm³/mol. The van der Waals surface area contributed by atoms with Gasteiger partial charge in [-0.2, -0.15) is 0 Å². The van der Waals surface area contributed by atoms with Crippen molar-refractivity contribution in [3.63, 3.8) is 0 Å². The van der Waals surface area contributed by atoms with Gasteiger partial charge in [-0.15, -0.1) is 0 Å². The highest BCUT2D eigenvalue weighted by molar-refractivity contribution is 5.94. The zero-order valence-corrected chi connectivity index (χ0v) is 11.0. The molecule has 2 rings (SSSR count). The van der Waals surface area contributed by atoms with E-state index in [1.165, 1.54) is 6.07 Å². The molecule has 0 aromatic heterocycles. The Morgan fingerprint density at radius 2 is 2.00 bits per heavy atom. The molecular weight excluding hydrogens is 250 g/mol. The van der Waals surface area contributed by atoms with Gasteiger partial charge in [-0.1, -0.05) is 0 Å². The first-order valence-electron chi connectivity index (χ1n) is 6.48. The molecule has 3 nitrogen and oxygen atoms in total. The van der Waals surface area contributed by atoms with E-state index in [0.717, 1.165) is 38.1 Å². The molecule has 1 saturated heterocycles. The van der Waals surface area contributed by atoms with Crippen molar-refractivity contribution in [2.24, 2.45) is 5.92 Å². The van der Waals surface area contributed by atoms with E-state index in [1.807, 2.05) is 0 Å². The Bertz CT molecular complexity index is 457. The molecule has 0 spiro atoms. The summed E-state index contributed by atoms with van der Waals surface area (Å²) in [4.78, 5) is 14.1. The molecule has 0 aliphatic carbocycles. The van der Waals surface area contributed by atoms with Gasteiger partial charge in [0, 0.05) is 12.1 Å². The average molecular weight is 268 g/mol. The third-order valence-electron chi connectivity index (χ3n) is 3.57. The van der Waals surface area contributed by atoms with E-state index >= 15 is 0 Å². The highest BCUT2D eigenvalue weighted by Crippen LogP contribution is 2.15. The molecule has 0 radical (unpaired) electrons. The summed E-state index contributed by atoms with van der Waals surface area (Å²) in [5.74, 6) is -1.82. The van der Waals surface area contributed by atoms with Gasteiger partial charge >= 0.3 is 0 Å². The minimum absolute atomic E-state index is 0.159. The second-order valence-electron chi connectivity index (χ2n) is 5.09. The third-order valence-corrected chi connectivity index (χ3v) is 3.57. The fourth-order valence-corrected chi connectivity index (χ4v) is 2.24. The highest BCUT2D eigenvalue weighted by atomic mass is 19.2. The Hall–Kier alpha value is -1.49. The number of piperidine rings is 1. The number of hydrogen-bond acceptors (Lipinski definition) is 2. The van der Waals surface area contributed by atoms with Crippen molar-refractivity contribution in [1.29, 1.82) is 0 Å². The summed E-state index contributed by atoms with van der Waals surface area (Å²) in [7, 11) is 2.08. The smallest absolute Gasteiger partial charge is 0.251 e. The van der Waals surface area contributed by atoms with Gasteiger partial charge in [0.1, 0.15) is 0 Å². The Morgan fingerprint density at radius 1 is 1.32 bits per heavy atom. The summed E-state index contributed by atoms with van der Waals surface area (Å²) in [5.41, 5.74) is 0.159. The molecule has 1 heterocycles. The van der Waals surface area contributed by atoms with Crippen LogP contribution in [0.25, 0.3) is 0 Å². The van der Waals surface area contributed by atoms with Crippen LogP contribution >= 0.6 is 0 Å². The first kappa shape index (κ1) is 13.9. The van der Waals surface area contributed by atoms with Crippen molar-refractivity contribution in [1.82, 2.24) is 10.2 Å². The Balaban J connectivity index is 1.85. The lowest BCUT2D eigenvalue weighted by Crippen LogP contribution is -2.36. The van der Waals surface area contributed by atoms with Crippen molar-refractivity contribution in [2.75, 3.05) is 26.7 Å². The molecule has 1 aliphatic heterocycles. The maximum atomic E-state index is 13.0. The van der Waals surface area contributed by atoms with E-state index in [2.05, 4.69) is 17.3 Å². The van der Waals surface area contributed by atoms with Crippen LogP contribution in [-0.2, 0) is 0 Å². The van der Waals surface area contributed by atoms with Crippen LogP contribution in [0.3, 0.4) is 0 Å². The number of rotatable bonds is 3. The lowest BCUT2D eigenvalue weighted by molar-refractivity contribution is 0.0938. The minimum atomic E-state index is -0.994. The number of amides is 1. The van der Waals surface area contributed by atoms with Crippen molar-refractivity contribution in [3.8, 4) is 0 Å². The van der Waals surface area contributed by atoms with E-state index in [9.17, 15) is 13.6 Å². The number of carbonyl (C=O) groups is 1. The average Bonchev–Trinajstić information content (AvgIpc) is 2.41. The maximum Gasteiger partial charge on any atom is 0.251 e. The number of likely N-dealkylation sites (tertiary alicyclic amines) is 1. The second-order valence-corrected chi connectivity index (χ2v) is 5.09. The molecule has 0 unspecified atom stereocenters. The third kappa shape index (κ3) is 3.73. The summed E-state index contributed by atoms with van der Waals surface area (Å²) >= 11 is 0. The minimum Gasteiger partial charge on any atom is -0.352 e. The lowest BCUT2D eigenvalue weighted by Gasteiger charge is -2.28. The molecule has 5 heteroatoms. The van der Waals surface area contributed by atoms with E-state index in [0.29, 0.717) is 12.5 Å². The highest BCUT2D eigenvalue weighted by Gasteiger charge is 2.17. The van der Waals surface area contributed by atoms with Crippen LogP contribution in [0.5, 0.6) is 0 Å². The van der Waals surface area contributed by atoms with Crippen molar-refractivity contribution in [3.05, 3.63) is 35.4 Å². The van der Waals surface area contributed by atoms with Gasteiger partial charge in [-0.25, -0.2) is 8.78 Å². The molecule has 0 atom stereocenters. The molecule has 104 valence electrons. The van der Waals surface area contributed by atoms with Crippen LogP contribution in [0.1, 0.15) is 23.2 Å². The Morgan fingerprint density at radius 3 is 2.63 bits per heavy atom. The predicted octanol–water partition coefficient (Wildman–Crippen LogP) is 2.04. The van der Waals surface area contributed by atoms with Crippen molar-refractivity contribution >= 4 is 5.91 Å². The Labute approximate surface area is 111 Å². The van der Waals surface area contributed by atoms with Crippen molar-refractivity contribution in [2.45, 2.75) is 12.8 Å². The molecule has 0 bridgehead atoms. The largest absolute Gasteiger partial charge is 0.352 e. The zero-order chi connectivity index (χ0) is 13.8. The standard InChI is InChI=1S/C14H18F2N2O/c1-18-6-4-10(5-7-18)9-17-14(19)11-2-3-12(15)13(16)8-11/h2-3,8,10H,4-7,9H2,1H3,(H,17,19). The van der Waals surface area contributed by atoms with Gasteiger partial charge in [0.2, 0.25) is 0 Å². The quantitative estimate of drug-likeness (QED) is 0.910. The van der Waals surface area contributed by atoms with Gasteiger partial charge in [0.05, 0.1) is 0 Å². The summed E-state index contributed by atoms with van der Waals surface area (Å²) in [5, 5.41) is 2.78. The summed E-state index contributed by atoms with van der Waals surface area (Å²) < 4.78 is 25.8. The van der Waals surface area contributed by atoms with Gasteiger partial charge in [0.25, 0.3) is 5.91 Å². The number of halogens is 2. The number of nitrogens with one attached hydrogen (secondary N) is 1. The topological polar surface area (TPSA) is 32.3 Å². The number of carbonyl (C=O) groups excluding carboxylic acids is 1. The van der Waals surface area contributed by atoms with Crippen LogP contribution in [0.2, 0.25) is 0 Å². The summed E-state index contributed by atoms with van der Waals surface area (Å²) in [6.45, 7) is 2.66. The van der Waals surface area contributed by atoms with Crippen molar-refractivity contribution < 1.29 is 13.6 Å². The van der Waals surface area contributed by atoms with Gasteiger partial charge in [-0.3, -0.25) is 4.79 Å². The van der Waals surface area contributed by atoms with E-state index in [4.69, 9.17) is 0 Å². The van der Waals surface area contributed by atoms with E-state index in [1.54, 1.807) is 0 Å². The number of nitrogens with zero attached hydrogens (tertiary/aromatic N) is 1. The molecule has 1 aliphatic rings. The molecule has 19 heavy (non-hydrogen) atoms. The van der Waals surface area contributed by atoms with Crippen LogP contribution < -0.4 is 5.32 Å². The lowest BCUT2D eigenvalue weighted by atomic mass is 9.97. The fraction of sp³-hybridized carbons (Fsp3) is 0.500. The molecule has 1 N–H and O–H groups in total. The monoisotopic (exact) mass is 268 g/mol. The van der Waals surface area contributed by atoms with E-state index < -0.39 is 11.6 Å². The first-order valence-corrected chi connectivity index (χ1v) is 6.48. The van der Waals surface area contributed by atoms with E-state index in [-0.39, 0.29) is 11.5 Å². The molecule has 1 aromatic rings. The van der Waals surface area contributed by atoms with Gasteiger partial charge in [-0.05, 0) is 57.1 Å². The maximum absolute atomic E-state index is 13.0. The summed E-state index contributed by atoms with van der Waals surface area (Å²) in [6, 6.07) is 3.20. The SMILES string of the molecule is CN1CCC(CNC(=O)c2ccc(F)c(F)c2)CC1. The van der Waals surface area contributed by atoms with Crippen LogP contribution in [0.4, 0.5) is 8.78 Å². The van der Waals surface area contributed by atoms with Crippen LogP contribution in [0, 0.1) is 17.6 Å². The normalized spacial score (nSPS) is 17.4. The Kier molecular flexibility index (Phi) is 4.47. The van der Waals surface area contributed by atoms with Gasteiger partial charge in [0.15, 0.2) is 11.6 Å². The van der Waals surface area contributed by atoms with Crippen LogP contribution in [0.15, 0.2) is 18.2 Å².